The number of carboxylic acids is 1. The fourth-order valence-corrected chi connectivity index (χ4v) is 2.45. The number of rotatable bonds is 6. The molecule has 1 amide bonds. The molecule has 1 atom stereocenters. The van der Waals surface area contributed by atoms with Gasteiger partial charge < -0.3 is 10.4 Å². The van der Waals surface area contributed by atoms with E-state index >= 15 is 0 Å². The molecule has 2 N–H and O–H groups in total. The molecule has 0 aliphatic carbocycles. The molecule has 0 aliphatic rings. The lowest BCUT2D eigenvalue weighted by atomic mass is 9.95. The molecule has 1 aromatic carbocycles. The molecular weight excluding hydrogens is 351 g/mol. The van der Waals surface area contributed by atoms with Crippen molar-refractivity contribution in [1.82, 2.24) is 15.1 Å². The van der Waals surface area contributed by atoms with Gasteiger partial charge in [-0.1, -0.05) is 19.4 Å². The van der Waals surface area contributed by atoms with E-state index in [0.717, 1.165) is 16.9 Å². The standard InChI is InChI=1S/C17H18F3N3O3/c1-3-8-16(2,15(25)26)21-14(24)11-5-4-6-12(10-11)23-9-7-13(22-23)17(18,19)20/h4-7,9-10H,3,8H2,1-2H3,(H,21,24)(H,25,26). The number of carbonyl (C=O) groups excluding carboxylic acids is 1. The molecule has 0 saturated heterocycles. The van der Waals surface area contributed by atoms with Crippen molar-refractivity contribution in [2.45, 2.75) is 38.4 Å². The quantitative estimate of drug-likeness (QED) is 0.819. The van der Waals surface area contributed by atoms with Gasteiger partial charge in [0.15, 0.2) is 5.69 Å². The molecular formula is C17H18F3N3O3. The van der Waals surface area contributed by atoms with Crippen molar-refractivity contribution in [1.29, 1.82) is 0 Å². The molecule has 1 heterocycles. The van der Waals surface area contributed by atoms with E-state index in [4.69, 9.17) is 0 Å². The molecule has 0 radical (unpaired) electrons. The van der Waals surface area contributed by atoms with Gasteiger partial charge >= 0.3 is 12.1 Å². The summed E-state index contributed by atoms with van der Waals surface area (Å²) in [7, 11) is 0. The molecule has 6 nitrogen and oxygen atoms in total. The number of amides is 1. The Morgan fingerprint density at radius 1 is 1.27 bits per heavy atom. The van der Waals surface area contributed by atoms with E-state index in [1.54, 1.807) is 6.92 Å². The first-order valence-electron chi connectivity index (χ1n) is 7.86. The van der Waals surface area contributed by atoms with Crippen molar-refractivity contribution in [3.05, 3.63) is 47.8 Å². The Labute approximate surface area is 147 Å². The zero-order valence-electron chi connectivity index (χ0n) is 14.2. The highest BCUT2D eigenvalue weighted by atomic mass is 19.4. The van der Waals surface area contributed by atoms with Crippen LogP contribution in [0.2, 0.25) is 0 Å². The number of halogens is 3. The van der Waals surface area contributed by atoms with Crippen LogP contribution < -0.4 is 5.32 Å². The van der Waals surface area contributed by atoms with E-state index in [9.17, 15) is 27.9 Å². The van der Waals surface area contributed by atoms with Crippen LogP contribution in [0.25, 0.3) is 5.69 Å². The monoisotopic (exact) mass is 369 g/mol. The van der Waals surface area contributed by atoms with Gasteiger partial charge in [0.25, 0.3) is 5.91 Å². The smallest absolute Gasteiger partial charge is 0.435 e. The van der Waals surface area contributed by atoms with Crippen LogP contribution in [0.15, 0.2) is 36.5 Å². The third-order valence-electron chi connectivity index (χ3n) is 3.86. The van der Waals surface area contributed by atoms with Gasteiger partial charge in [0.05, 0.1) is 5.69 Å². The van der Waals surface area contributed by atoms with Gasteiger partial charge in [0.1, 0.15) is 5.54 Å². The molecule has 26 heavy (non-hydrogen) atoms. The highest BCUT2D eigenvalue weighted by Crippen LogP contribution is 2.28. The number of nitrogens with zero attached hydrogens (tertiary/aromatic N) is 2. The summed E-state index contributed by atoms with van der Waals surface area (Å²) in [5.74, 6) is -1.79. The van der Waals surface area contributed by atoms with Gasteiger partial charge in [-0.2, -0.15) is 18.3 Å². The first-order chi connectivity index (χ1) is 12.1. The average Bonchev–Trinajstić information content (AvgIpc) is 3.05. The first kappa shape index (κ1) is 19.5. The Morgan fingerprint density at radius 3 is 2.50 bits per heavy atom. The minimum absolute atomic E-state index is 0.120. The molecule has 1 aromatic heterocycles. The van der Waals surface area contributed by atoms with Crippen molar-refractivity contribution >= 4 is 11.9 Å². The minimum atomic E-state index is -4.57. The van der Waals surface area contributed by atoms with Crippen molar-refractivity contribution < 1.29 is 27.9 Å². The highest BCUT2D eigenvalue weighted by Gasteiger charge is 2.35. The Bertz CT molecular complexity index is 817. The van der Waals surface area contributed by atoms with Crippen molar-refractivity contribution in [3.63, 3.8) is 0 Å². The first-order valence-corrected chi connectivity index (χ1v) is 7.86. The number of hydrogen-bond donors (Lipinski definition) is 2. The second-order valence-electron chi connectivity index (χ2n) is 6.04. The van der Waals surface area contributed by atoms with Crippen molar-refractivity contribution in [2.75, 3.05) is 0 Å². The van der Waals surface area contributed by atoms with Crippen LogP contribution in [0.5, 0.6) is 0 Å². The SMILES string of the molecule is CCCC(C)(NC(=O)c1cccc(-n2ccc(C(F)(F)F)n2)c1)C(=O)O. The minimum Gasteiger partial charge on any atom is -0.480 e. The van der Waals surface area contributed by atoms with E-state index in [-0.39, 0.29) is 17.7 Å². The van der Waals surface area contributed by atoms with Gasteiger partial charge in [-0.05, 0) is 37.6 Å². The van der Waals surface area contributed by atoms with Crippen molar-refractivity contribution in [3.8, 4) is 5.69 Å². The maximum absolute atomic E-state index is 12.7. The average molecular weight is 369 g/mol. The molecule has 140 valence electrons. The molecule has 0 fully saturated rings. The Hall–Kier alpha value is -2.84. The van der Waals surface area contributed by atoms with Crippen LogP contribution in [0.3, 0.4) is 0 Å². The molecule has 0 spiro atoms. The van der Waals surface area contributed by atoms with Crippen LogP contribution in [0.4, 0.5) is 13.2 Å². The predicted octanol–water partition coefficient (Wildman–Crippen LogP) is 3.26. The summed E-state index contributed by atoms with van der Waals surface area (Å²) in [4.78, 5) is 23.8. The molecule has 1 unspecified atom stereocenters. The normalized spacial score (nSPS) is 13.9. The molecule has 0 saturated carbocycles. The summed E-state index contributed by atoms with van der Waals surface area (Å²) in [5, 5.41) is 15.3. The zero-order valence-corrected chi connectivity index (χ0v) is 14.2. The van der Waals surface area contributed by atoms with E-state index < -0.39 is 29.3 Å². The summed E-state index contributed by atoms with van der Waals surface area (Å²) >= 11 is 0. The third-order valence-corrected chi connectivity index (χ3v) is 3.86. The summed E-state index contributed by atoms with van der Waals surface area (Å²) in [5.41, 5.74) is -2.11. The lowest BCUT2D eigenvalue weighted by Gasteiger charge is -2.25. The van der Waals surface area contributed by atoms with Crippen molar-refractivity contribution in [2.24, 2.45) is 0 Å². The third kappa shape index (κ3) is 4.22. The molecule has 0 bridgehead atoms. The predicted molar refractivity (Wildman–Crippen MR) is 87.0 cm³/mol. The van der Waals surface area contributed by atoms with Gasteiger partial charge in [-0.25, -0.2) is 9.48 Å². The Kier molecular flexibility index (Phi) is 5.38. The number of nitrogens with one attached hydrogen (secondary N) is 1. The maximum atomic E-state index is 12.7. The van der Waals surface area contributed by atoms with Crippen LogP contribution in [0.1, 0.15) is 42.7 Å². The van der Waals surface area contributed by atoms with Crippen LogP contribution >= 0.6 is 0 Å². The molecule has 9 heteroatoms. The number of hydrogen-bond acceptors (Lipinski definition) is 3. The van der Waals surface area contributed by atoms with E-state index in [2.05, 4.69) is 10.4 Å². The molecule has 2 aromatic rings. The van der Waals surface area contributed by atoms with Gasteiger partial charge in [-0.3, -0.25) is 4.79 Å². The number of aromatic nitrogens is 2. The van der Waals surface area contributed by atoms with Crippen LogP contribution in [0, 0.1) is 0 Å². The Balaban J connectivity index is 2.27. The topological polar surface area (TPSA) is 84.2 Å². The number of carbonyl (C=O) groups is 2. The number of carboxylic acid groups (broad SMARTS) is 1. The lowest BCUT2D eigenvalue weighted by Crippen LogP contribution is -2.52. The second-order valence-corrected chi connectivity index (χ2v) is 6.04. The highest BCUT2D eigenvalue weighted by molar-refractivity contribution is 5.98. The molecule has 0 aliphatic heterocycles. The lowest BCUT2D eigenvalue weighted by molar-refractivity contribution is -0.144. The summed E-state index contributed by atoms with van der Waals surface area (Å²) in [6, 6.07) is 6.59. The summed E-state index contributed by atoms with van der Waals surface area (Å²) in [6.45, 7) is 3.20. The summed E-state index contributed by atoms with van der Waals surface area (Å²) in [6.07, 6.45) is -2.64. The summed E-state index contributed by atoms with van der Waals surface area (Å²) < 4.78 is 39.0. The van der Waals surface area contributed by atoms with E-state index in [1.807, 2.05) is 0 Å². The van der Waals surface area contributed by atoms with Crippen LogP contribution in [-0.2, 0) is 11.0 Å². The fraction of sp³-hybridized carbons (Fsp3) is 0.353. The van der Waals surface area contributed by atoms with Gasteiger partial charge in [-0.15, -0.1) is 0 Å². The largest absolute Gasteiger partial charge is 0.480 e. The van der Waals surface area contributed by atoms with E-state index in [0.29, 0.717) is 6.42 Å². The Morgan fingerprint density at radius 2 is 1.96 bits per heavy atom. The second kappa shape index (κ2) is 7.19. The van der Waals surface area contributed by atoms with Gasteiger partial charge in [0.2, 0.25) is 0 Å². The maximum Gasteiger partial charge on any atom is 0.435 e. The van der Waals surface area contributed by atoms with Gasteiger partial charge in [0, 0.05) is 11.8 Å². The fourth-order valence-electron chi connectivity index (χ4n) is 2.45. The number of benzene rings is 1. The van der Waals surface area contributed by atoms with Crippen LogP contribution in [-0.4, -0.2) is 32.3 Å². The van der Waals surface area contributed by atoms with E-state index in [1.165, 1.54) is 31.2 Å². The molecule has 2 rings (SSSR count). The number of aliphatic carboxylic acids is 1. The number of alkyl halides is 3. The zero-order chi connectivity index (χ0) is 19.5.